The van der Waals surface area contributed by atoms with Crippen molar-refractivity contribution in [1.82, 2.24) is 4.98 Å². The summed E-state index contributed by atoms with van der Waals surface area (Å²) >= 11 is 2.42. The van der Waals surface area contributed by atoms with E-state index in [1.165, 1.54) is 59.4 Å². The summed E-state index contributed by atoms with van der Waals surface area (Å²) in [6, 6.07) is 6.80. The van der Waals surface area contributed by atoms with Crippen LogP contribution in [0.4, 0.5) is 0 Å². The number of halogens is 1. The number of aromatic amines is 1. The van der Waals surface area contributed by atoms with Crippen LogP contribution in [0.15, 0.2) is 18.2 Å². The normalized spacial score (nSPS) is 18.7. The van der Waals surface area contributed by atoms with Crippen molar-refractivity contribution in [3.8, 4) is 0 Å². The number of unbranched alkanes of at least 4 members (excludes halogenated alkanes) is 2. The molecule has 3 rings (SSSR count). The van der Waals surface area contributed by atoms with E-state index in [9.17, 15) is 0 Å². The smallest absolute Gasteiger partial charge is 0.0459 e. The molecule has 2 aromatic rings. The molecule has 1 N–H and O–H groups in total. The summed E-state index contributed by atoms with van der Waals surface area (Å²) < 4.78 is 1.35. The largest absolute Gasteiger partial charge is 0.358 e. The molecule has 0 spiro atoms. The molecule has 1 aliphatic carbocycles. The highest BCUT2D eigenvalue weighted by atomic mass is 127. The molecule has 0 aliphatic heterocycles. The van der Waals surface area contributed by atoms with E-state index >= 15 is 0 Å². The van der Waals surface area contributed by atoms with Gasteiger partial charge in [-0.1, -0.05) is 26.2 Å². The second-order valence-corrected chi connectivity index (χ2v) is 7.04. The van der Waals surface area contributed by atoms with Gasteiger partial charge in [-0.05, 0) is 78.0 Å². The van der Waals surface area contributed by atoms with Gasteiger partial charge in [-0.3, -0.25) is 0 Å². The molecule has 1 atom stereocenters. The number of benzene rings is 1. The van der Waals surface area contributed by atoms with E-state index in [0.29, 0.717) is 0 Å². The van der Waals surface area contributed by atoms with Gasteiger partial charge in [-0.25, -0.2) is 0 Å². The first kappa shape index (κ1) is 13.5. The quantitative estimate of drug-likeness (QED) is 0.521. The van der Waals surface area contributed by atoms with E-state index in [1.807, 2.05) is 0 Å². The number of hydrogen-bond donors (Lipinski definition) is 1. The van der Waals surface area contributed by atoms with Crippen molar-refractivity contribution in [3.63, 3.8) is 0 Å². The number of fused-ring (bicyclic) bond motifs is 3. The summed E-state index contributed by atoms with van der Waals surface area (Å²) in [5.41, 5.74) is 4.51. The number of nitrogens with one attached hydrogen (secondary N) is 1. The fourth-order valence-corrected chi connectivity index (χ4v) is 3.95. The Hall–Kier alpha value is -0.510. The van der Waals surface area contributed by atoms with Gasteiger partial charge in [0, 0.05) is 20.2 Å². The Kier molecular flexibility index (Phi) is 4.15. The van der Waals surface area contributed by atoms with Crippen LogP contribution in [0, 0.1) is 3.57 Å². The van der Waals surface area contributed by atoms with Gasteiger partial charge < -0.3 is 4.98 Å². The zero-order valence-electron chi connectivity index (χ0n) is 11.6. The highest BCUT2D eigenvalue weighted by Gasteiger charge is 2.23. The Morgan fingerprint density at radius 3 is 3.05 bits per heavy atom. The van der Waals surface area contributed by atoms with E-state index in [0.717, 1.165) is 5.92 Å². The van der Waals surface area contributed by atoms with Gasteiger partial charge >= 0.3 is 0 Å². The lowest BCUT2D eigenvalue weighted by atomic mass is 9.84. The second kappa shape index (κ2) is 5.86. The van der Waals surface area contributed by atoms with Crippen molar-refractivity contribution >= 4 is 33.5 Å². The van der Waals surface area contributed by atoms with Crippen LogP contribution in [0.3, 0.4) is 0 Å². The maximum Gasteiger partial charge on any atom is 0.0459 e. The topological polar surface area (TPSA) is 15.8 Å². The average molecular weight is 367 g/mol. The molecule has 0 saturated carbocycles. The number of hydrogen-bond acceptors (Lipinski definition) is 0. The van der Waals surface area contributed by atoms with Crippen LogP contribution in [-0.2, 0) is 6.42 Å². The fraction of sp³-hybridized carbons (Fsp3) is 0.529. The average Bonchev–Trinajstić information content (AvgIpc) is 2.78. The predicted octanol–water partition coefficient (Wildman–Crippen LogP) is 5.77. The lowest BCUT2D eigenvalue weighted by Gasteiger charge is -2.22. The Morgan fingerprint density at radius 2 is 2.21 bits per heavy atom. The maximum atomic E-state index is 3.72. The molecule has 102 valence electrons. The molecule has 0 amide bonds. The van der Waals surface area contributed by atoms with Gasteiger partial charge in [0.15, 0.2) is 0 Å². The molecule has 1 aliphatic rings. The lowest BCUT2D eigenvalue weighted by molar-refractivity contribution is 0.487. The summed E-state index contributed by atoms with van der Waals surface area (Å²) in [6.45, 7) is 2.29. The third kappa shape index (κ3) is 2.69. The fourth-order valence-electron chi connectivity index (χ4n) is 3.46. The van der Waals surface area contributed by atoms with Crippen molar-refractivity contribution in [2.45, 2.75) is 57.8 Å². The zero-order valence-corrected chi connectivity index (χ0v) is 13.8. The maximum absolute atomic E-state index is 3.72. The summed E-state index contributed by atoms with van der Waals surface area (Å²) in [6.07, 6.45) is 9.45. The van der Waals surface area contributed by atoms with E-state index in [4.69, 9.17) is 0 Å². The molecule has 0 radical (unpaired) electrons. The van der Waals surface area contributed by atoms with Crippen LogP contribution in [0.2, 0.25) is 0 Å². The van der Waals surface area contributed by atoms with E-state index in [1.54, 1.807) is 11.3 Å². The second-order valence-electron chi connectivity index (χ2n) is 5.79. The first-order valence-corrected chi connectivity index (χ1v) is 8.67. The molecule has 2 heteroatoms. The van der Waals surface area contributed by atoms with Crippen molar-refractivity contribution in [2.24, 2.45) is 0 Å². The van der Waals surface area contributed by atoms with Crippen molar-refractivity contribution < 1.29 is 0 Å². The Morgan fingerprint density at radius 1 is 1.32 bits per heavy atom. The minimum absolute atomic E-state index is 0.778. The summed E-state index contributed by atoms with van der Waals surface area (Å²) in [5, 5.41) is 1.47. The molecule has 19 heavy (non-hydrogen) atoms. The molecular weight excluding hydrogens is 345 g/mol. The molecule has 1 nitrogen and oxygen atoms in total. The van der Waals surface area contributed by atoms with Crippen molar-refractivity contribution in [3.05, 3.63) is 33.0 Å². The van der Waals surface area contributed by atoms with Crippen LogP contribution >= 0.6 is 22.6 Å². The molecule has 1 aromatic heterocycles. The summed E-state index contributed by atoms with van der Waals surface area (Å²) in [5.74, 6) is 0.778. The Labute approximate surface area is 129 Å². The Balaban J connectivity index is 1.93. The van der Waals surface area contributed by atoms with Gasteiger partial charge in [-0.2, -0.15) is 0 Å². The Bertz CT molecular complexity index is 570. The van der Waals surface area contributed by atoms with Gasteiger partial charge in [0.1, 0.15) is 0 Å². The van der Waals surface area contributed by atoms with Crippen LogP contribution < -0.4 is 0 Å². The van der Waals surface area contributed by atoms with Crippen LogP contribution in [0.5, 0.6) is 0 Å². The highest BCUT2D eigenvalue weighted by Crippen LogP contribution is 2.38. The zero-order chi connectivity index (χ0) is 13.2. The molecule has 1 aromatic carbocycles. The van der Waals surface area contributed by atoms with Gasteiger partial charge in [0.2, 0.25) is 0 Å². The number of rotatable bonds is 4. The van der Waals surface area contributed by atoms with Crippen LogP contribution in [0.25, 0.3) is 10.9 Å². The third-order valence-electron chi connectivity index (χ3n) is 4.44. The van der Waals surface area contributed by atoms with E-state index in [2.05, 4.69) is 52.7 Å². The first-order chi connectivity index (χ1) is 9.29. The SMILES string of the molecule is CCCCCC1CCCc2c1[nH]c1ccc(I)cc21. The molecule has 1 unspecified atom stereocenters. The predicted molar refractivity (Wildman–Crippen MR) is 90.8 cm³/mol. The first-order valence-electron chi connectivity index (χ1n) is 7.59. The summed E-state index contributed by atoms with van der Waals surface area (Å²) in [4.78, 5) is 3.72. The molecular formula is C17H22IN. The molecule has 0 bridgehead atoms. The van der Waals surface area contributed by atoms with Crippen LogP contribution in [-0.4, -0.2) is 4.98 Å². The van der Waals surface area contributed by atoms with Gasteiger partial charge in [-0.15, -0.1) is 0 Å². The van der Waals surface area contributed by atoms with Gasteiger partial charge in [0.05, 0.1) is 0 Å². The number of H-pyrrole nitrogens is 1. The van der Waals surface area contributed by atoms with Gasteiger partial charge in [0.25, 0.3) is 0 Å². The lowest BCUT2D eigenvalue weighted by Crippen LogP contribution is -2.09. The van der Waals surface area contributed by atoms with Crippen molar-refractivity contribution in [1.29, 1.82) is 0 Å². The van der Waals surface area contributed by atoms with E-state index < -0.39 is 0 Å². The molecule has 0 fully saturated rings. The number of aryl methyl sites for hydroxylation is 1. The molecule has 0 saturated heterocycles. The van der Waals surface area contributed by atoms with Crippen molar-refractivity contribution in [2.75, 3.05) is 0 Å². The van der Waals surface area contributed by atoms with Crippen LogP contribution in [0.1, 0.15) is 62.6 Å². The summed E-state index contributed by atoms with van der Waals surface area (Å²) in [7, 11) is 0. The third-order valence-corrected chi connectivity index (χ3v) is 5.12. The minimum atomic E-state index is 0.778. The highest BCUT2D eigenvalue weighted by molar-refractivity contribution is 14.1. The minimum Gasteiger partial charge on any atom is -0.358 e. The van der Waals surface area contributed by atoms with E-state index in [-0.39, 0.29) is 0 Å². The monoisotopic (exact) mass is 367 g/mol. The standard InChI is InChI=1S/C17H22IN/c1-2-3-4-6-12-7-5-8-14-15-11-13(18)9-10-16(15)19-17(12)14/h9-12,19H,2-8H2,1H3. The molecule has 1 heterocycles. The number of aromatic nitrogens is 1.